The van der Waals surface area contributed by atoms with Crippen LogP contribution in [-0.4, -0.2) is 6.09 Å². The van der Waals surface area contributed by atoms with Crippen molar-refractivity contribution in [2.45, 2.75) is 6.92 Å². The highest BCUT2D eigenvalue weighted by Gasteiger charge is 2.07. The monoisotopic (exact) mass is 245 g/mol. The van der Waals surface area contributed by atoms with Gasteiger partial charge in [0.05, 0.1) is 0 Å². The van der Waals surface area contributed by atoms with Gasteiger partial charge in [-0.3, -0.25) is 5.32 Å². The molecule has 2 aromatic rings. The third-order valence-corrected chi connectivity index (χ3v) is 2.38. The van der Waals surface area contributed by atoms with Crippen LogP contribution in [0.3, 0.4) is 0 Å². The van der Waals surface area contributed by atoms with Gasteiger partial charge in [-0.15, -0.1) is 0 Å². The van der Waals surface area contributed by atoms with Crippen LogP contribution < -0.4 is 10.1 Å². The van der Waals surface area contributed by atoms with E-state index < -0.39 is 6.09 Å². The molecule has 2 aromatic carbocycles. The van der Waals surface area contributed by atoms with Crippen molar-refractivity contribution in [3.05, 3.63) is 59.9 Å². The minimum Gasteiger partial charge on any atom is -0.410 e. The number of nitrogens with one attached hydrogen (secondary N) is 1. The van der Waals surface area contributed by atoms with Crippen molar-refractivity contribution in [1.82, 2.24) is 0 Å². The van der Waals surface area contributed by atoms with E-state index in [1.54, 1.807) is 31.2 Å². The molecule has 0 fully saturated rings. The van der Waals surface area contributed by atoms with Crippen LogP contribution in [0.4, 0.5) is 14.9 Å². The minimum absolute atomic E-state index is 0.338. The summed E-state index contributed by atoms with van der Waals surface area (Å²) in [6, 6.07) is 12.8. The molecule has 0 bridgehead atoms. The summed E-state index contributed by atoms with van der Waals surface area (Å²) in [6.07, 6.45) is -0.601. The highest BCUT2D eigenvalue weighted by molar-refractivity contribution is 5.87. The first-order valence-electron chi connectivity index (χ1n) is 5.45. The Bertz CT molecular complexity index is 555. The van der Waals surface area contributed by atoms with Crippen molar-refractivity contribution in [1.29, 1.82) is 0 Å². The SMILES string of the molecule is Cc1cc(F)ccc1NC(=O)Oc1ccccc1. The van der Waals surface area contributed by atoms with E-state index in [2.05, 4.69) is 5.32 Å². The molecule has 0 spiro atoms. The molecule has 18 heavy (non-hydrogen) atoms. The number of rotatable bonds is 2. The molecule has 1 amide bonds. The number of carbonyl (C=O) groups is 1. The summed E-state index contributed by atoms with van der Waals surface area (Å²) >= 11 is 0. The number of hydrogen-bond donors (Lipinski definition) is 1. The van der Waals surface area contributed by atoms with Gasteiger partial charge in [-0.1, -0.05) is 18.2 Å². The maximum Gasteiger partial charge on any atom is 0.417 e. The highest BCUT2D eigenvalue weighted by Crippen LogP contribution is 2.16. The molecule has 4 heteroatoms. The van der Waals surface area contributed by atoms with Gasteiger partial charge in [-0.2, -0.15) is 0 Å². The molecule has 2 rings (SSSR count). The second-order valence-corrected chi connectivity index (χ2v) is 3.79. The third-order valence-electron chi connectivity index (χ3n) is 2.38. The van der Waals surface area contributed by atoms with Crippen LogP contribution in [0.1, 0.15) is 5.56 Å². The van der Waals surface area contributed by atoms with Gasteiger partial charge in [0.2, 0.25) is 0 Å². The molecule has 1 N–H and O–H groups in total. The Morgan fingerprint density at radius 2 is 1.89 bits per heavy atom. The van der Waals surface area contributed by atoms with Crippen molar-refractivity contribution >= 4 is 11.8 Å². The van der Waals surface area contributed by atoms with E-state index in [4.69, 9.17) is 4.74 Å². The summed E-state index contributed by atoms with van der Waals surface area (Å²) in [7, 11) is 0. The van der Waals surface area contributed by atoms with Crippen molar-refractivity contribution in [3.63, 3.8) is 0 Å². The Balaban J connectivity index is 2.03. The molecule has 92 valence electrons. The Labute approximate surface area is 104 Å². The largest absolute Gasteiger partial charge is 0.417 e. The zero-order valence-electron chi connectivity index (χ0n) is 9.81. The summed E-state index contributed by atoms with van der Waals surface area (Å²) in [6.45, 7) is 1.71. The maximum atomic E-state index is 12.9. The summed E-state index contributed by atoms with van der Waals surface area (Å²) in [4.78, 5) is 11.6. The molecule has 3 nitrogen and oxygen atoms in total. The summed E-state index contributed by atoms with van der Waals surface area (Å²) in [5.41, 5.74) is 1.16. The fourth-order valence-electron chi connectivity index (χ4n) is 1.50. The van der Waals surface area contributed by atoms with Crippen LogP contribution in [0, 0.1) is 12.7 Å². The molecule has 0 saturated heterocycles. The molecule has 0 aliphatic rings. The van der Waals surface area contributed by atoms with Gasteiger partial charge in [0.25, 0.3) is 0 Å². The topological polar surface area (TPSA) is 38.3 Å². The maximum absolute atomic E-state index is 12.9. The van der Waals surface area contributed by atoms with Crippen LogP contribution in [0.2, 0.25) is 0 Å². The number of anilines is 1. The van der Waals surface area contributed by atoms with Gasteiger partial charge >= 0.3 is 6.09 Å². The zero-order chi connectivity index (χ0) is 13.0. The van der Waals surface area contributed by atoms with E-state index in [9.17, 15) is 9.18 Å². The lowest BCUT2D eigenvalue weighted by molar-refractivity contribution is 0.215. The number of para-hydroxylation sites is 1. The van der Waals surface area contributed by atoms with E-state index in [-0.39, 0.29) is 5.82 Å². The summed E-state index contributed by atoms with van der Waals surface area (Å²) in [5.74, 6) is 0.115. The molecule has 0 aromatic heterocycles. The van der Waals surface area contributed by atoms with Crippen molar-refractivity contribution in [3.8, 4) is 5.75 Å². The van der Waals surface area contributed by atoms with Crippen LogP contribution in [0.25, 0.3) is 0 Å². The predicted molar refractivity (Wildman–Crippen MR) is 67.2 cm³/mol. The summed E-state index contributed by atoms with van der Waals surface area (Å²) < 4.78 is 17.9. The smallest absolute Gasteiger partial charge is 0.410 e. The number of halogens is 1. The van der Waals surface area contributed by atoms with Crippen LogP contribution >= 0.6 is 0 Å². The van der Waals surface area contributed by atoms with E-state index >= 15 is 0 Å². The third kappa shape index (κ3) is 3.07. The second kappa shape index (κ2) is 5.31. The number of benzene rings is 2. The highest BCUT2D eigenvalue weighted by atomic mass is 19.1. The first-order chi connectivity index (χ1) is 8.65. The average molecular weight is 245 g/mol. The Hall–Kier alpha value is -2.36. The minimum atomic E-state index is -0.601. The molecule has 0 radical (unpaired) electrons. The number of amides is 1. The van der Waals surface area contributed by atoms with Crippen molar-refractivity contribution < 1.29 is 13.9 Å². The zero-order valence-corrected chi connectivity index (χ0v) is 9.81. The lowest BCUT2D eigenvalue weighted by Crippen LogP contribution is -2.17. The molecule has 0 unspecified atom stereocenters. The van der Waals surface area contributed by atoms with E-state index in [1.807, 2.05) is 6.07 Å². The first kappa shape index (κ1) is 12.1. The number of hydrogen-bond acceptors (Lipinski definition) is 2. The number of carbonyl (C=O) groups excluding carboxylic acids is 1. The fraction of sp³-hybridized carbons (Fsp3) is 0.0714. The number of aryl methyl sites for hydroxylation is 1. The Morgan fingerprint density at radius 1 is 1.17 bits per heavy atom. The van der Waals surface area contributed by atoms with E-state index in [0.29, 0.717) is 17.0 Å². The summed E-state index contributed by atoms with van der Waals surface area (Å²) in [5, 5.41) is 2.56. The van der Waals surface area contributed by atoms with Crippen molar-refractivity contribution in [2.75, 3.05) is 5.32 Å². The molecular formula is C14H12FNO2. The molecule has 0 saturated carbocycles. The van der Waals surface area contributed by atoms with Gasteiger partial charge in [0, 0.05) is 5.69 Å². The Morgan fingerprint density at radius 3 is 2.56 bits per heavy atom. The normalized spacial score (nSPS) is 9.89. The van der Waals surface area contributed by atoms with Crippen molar-refractivity contribution in [2.24, 2.45) is 0 Å². The van der Waals surface area contributed by atoms with Crippen LogP contribution in [-0.2, 0) is 0 Å². The molecular weight excluding hydrogens is 233 g/mol. The number of ether oxygens (including phenoxy) is 1. The predicted octanol–water partition coefficient (Wildman–Crippen LogP) is 3.75. The Kier molecular flexibility index (Phi) is 3.57. The van der Waals surface area contributed by atoms with Gasteiger partial charge < -0.3 is 4.74 Å². The lowest BCUT2D eigenvalue weighted by Gasteiger charge is -2.08. The first-order valence-corrected chi connectivity index (χ1v) is 5.45. The molecule has 0 heterocycles. The molecule has 0 aliphatic heterocycles. The van der Waals surface area contributed by atoms with E-state index in [1.165, 1.54) is 18.2 Å². The van der Waals surface area contributed by atoms with Crippen LogP contribution in [0.15, 0.2) is 48.5 Å². The van der Waals surface area contributed by atoms with Gasteiger partial charge in [0.15, 0.2) is 0 Å². The quantitative estimate of drug-likeness (QED) is 0.875. The standard InChI is InChI=1S/C14H12FNO2/c1-10-9-11(15)7-8-13(10)16-14(17)18-12-5-3-2-4-6-12/h2-9H,1H3,(H,16,17). The van der Waals surface area contributed by atoms with E-state index in [0.717, 1.165) is 0 Å². The molecule has 0 atom stereocenters. The lowest BCUT2D eigenvalue weighted by atomic mass is 10.2. The second-order valence-electron chi connectivity index (χ2n) is 3.79. The average Bonchev–Trinajstić information content (AvgIpc) is 2.34. The molecule has 0 aliphatic carbocycles. The van der Waals surface area contributed by atoms with Gasteiger partial charge in [-0.25, -0.2) is 9.18 Å². The van der Waals surface area contributed by atoms with Gasteiger partial charge in [-0.05, 0) is 42.8 Å². The fourth-order valence-corrected chi connectivity index (χ4v) is 1.50. The van der Waals surface area contributed by atoms with Gasteiger partial charge in [0.1, 0.15) is 11.6 Å². The van der Waals surface area contributed by atoms with Crippen LogP contribution in [0.5, 0.6) is 5.75 Å².